The summed E-state index contributed by atoms with van der Waals surface area (Å²) in [6, 6.07) is 22.7. The predicted octanol–water partition coefficient (Wildman–Crippen LogP) is 4.85. The third kappa shape index (κ3) is 6.08. The maximum Gasteiger partial charge on any atom is 0.119 e. The molecule has 0 aliphatic heterocycles. The van der Waals surface area contributed by atoms with Gasteiger partial charge in [-0.25, -0.2) is 0 Å². The Morgan fingerprint density at radius 1 is 0.586 bits per heavy atom. The zero-order valence-electron chi connectivity index (χ0n) is 16.8. The highest BCUT2D eigenvalue weighted by atomic mass is 16.5. The van der Waals surface area contributed by atoms with E-state index in [1.807, 2.05) is 24.3 Å². The molecule has 0 unspecified atom stereocenters. The van der Waals surface area contributed by atoms with Crippen molar-refractivity contribution >= 4 is 0 Å². The van der Waals surface area contributed by atoms with Crippen LogP contribution in [0.4, 0.5) is 0 Å². The van der Waals surface area contributed by atoms with Crippen LogP contribution in [0.2, 0.25) is 0 Å². The molecule has 0 aliphatic carbocycles. The molecule has 0 aliphatic rings. The lowest BCUT2D eigenvalue weighted by Gasteiger charge is -2.11. The molecule has 2 N–H and O–H groups in total. The zero-order chi connectivity index (χ0) is 20.5. The average molecular weight is 392 g/mol. The van der Waals surface area contributed by atoms with Crippen LogP contribution in [0.5, 0.6) is 11.5 Å². The highest BCUT2D eigenvalue weighted by Crippen LogP contribution is 2.30. The van der Waals surface area contributed by atoms with Gasteiger partial charge >= 0.3 is 0 Å². The van der Waals surface area contributed by atoms with Crippen molar-refractivity contribution in [3.8, 4) is 33.8 Å². The molecule has 0 fully saturated rings. The first-order chi connectivity index (χ1) is 14.2. The van der Waals surface area contributed by atoms with Crippen LogP contribution in [-0.4, -0.2) is 36.6 Å². The third-order valence-electron chi connectivity index (χ3n) is 4.60. The summed E-state index contributed by atoms with van der Waals surface area (Å²) < 4.78 is 11.2. The molecule has 0 heterocycles. The minimum Gasteiger partial charge on any atom is -0.494 e. The quantitative estimate of drug-likeness (QED) is 0.484. The van der Waals surface area contributed by atoms with Gasteiger partial charge in [0.05, 0.1) is 13.2 Å². The van der Waals surface area contributed by atoms with E-state index in [0.29, 0.717) is 26.1 Å². The number of ether oxygens (including phenoxy) is 2. The van der Waals surface area contributed by atoms with Crippen LogP contribution >= 0.6 is 0 Å². The summed E-state index contributed by atoms with van der Waals surface area (Å²) >= 11 is 0. The first-order valence-electron chi connectivity index (χ1n) is 9.99. The number of aryl methyl sites for hydroxylation is 1. The van der Waals surface area contributed by atoms with Crippen molar-refractivity contribution in [3.63, 3.8) is 0 Å². The molecule has 4 nitrogen and oxygen atoms in total. The SMILES string of the molecule is Cc1cc(-c2ccc(OCCCO)cc2)cc(-c2ccc(OCCCO)cc2)c1. The zero-order valence-corrected chi connectivity index (χ0v) is 16.8. The molecular formula is C25H28O4. The van der Waals surface area contributed by atoms with E-state index >= 15 is 0 Å². The monoisotopic (exact) mass is 392 g/mol. The van der Waals surface area contributed by atoms with Crippen LogP contribution < -0.4 is 9.47 Å². The van der Waals surface area contributed by atoms with Gasteiger partial charge in [0, 0.05) is 26.1 Å². The molecular weight excluding hydrogens is 364 g/mol. The second kappa shape index (κ2) is 10.6. The Balaban J connectivity index is 1.76. The van der Waals surface area contributed by atoms with Crippen molar-refractivity contribution < 1.29 is 19.7 Å². The number of benzene rings is 3. The smallest absolute Gasteiger partial charge is 0.119 e. The van der Waals surface area contributed by atoms with E-state index in [0.717, 1.165) is 33.8 Å². The molecule has 29 heavy (non-hydrogen) atoms. The van der Waals surface area contributed by atoms with Gasteiger partial charge in [-0.3, -0.25) is 0 Å². The number of rotatable bonds is 10. The van der Waals surface area contributed by atoms with Gasteiger partial charge in [0.25, 0.3) is 0 Å². The first-order valence-corrected chi connectivity index (χ1v) is 9.99. The first kappa shape index (κ1) is 20.9. The number of aliphatic hydroxyl groups excluding tert-OH is 2. The maximum atomic E-state index is 8.85. The van der Waals surface area contributed by atoms with Crippen LogP contribution in [0.25, 0.3) is 22.3 Å². The Morgan fingerprint density at radius 3 is 1.38 bits per heavy atom. The number of aliphatic hydroxyl groups is 2. The molecule has 4 heteroatoms. The lowest BCUT2D eigenvalue weighted by Crippen LogP contribution is -1.99. The molecule has 0 amide bonds. The van der Waals surface area contributed by atoms with Crippen LogP contribution in [0, 0.1) is 6.92 Å². The molecule has 3 aromatic carbocycles. The van der Waals surface area contributed by atoms with Gasteiger partial charge in [-0.15, -0.1) is 0 Å². The van der Waals surface area contributed by atoms with Crippen LogP contribution in [-0.2, 0) is 0 Å². The summed E-state index contributed by atoms with van der Waals surface area (Å²) in [5.74, 6) is 1.62. The Kier molecular flexibility index (Phi) is 7.68. The van der Waals surface area contributed by atoms with Crippen molar-refractivity contribution in [1.29, 1.82) is 0 Å². The highest BCUT2D eigenvalue weighted by Gasteiger charge is 2.05. The van der Waals surface area contributed by atoms with Gasteiger partial charge in [-0.1, -0.05) is 36.4 Å². The second-order valence-electron chi connectivity index (χ2n) is 6.99. The van der Waals surface area contributed by atoms with Gasteiger partial charge in [0.1, 0.15) is 11.5 Å². The lowest BCUT2D eigenvalue weighted by atomic mass is 9.96. The standard InChI is InChI=1S/C25H28O4/c1-19-16-22(20-4-8-24(9-5-20)28-14-2-12-26)18-23(17-19)21-6-10-25(11-7-21)29-15-3-13-27/h4-11,16-18,26-27H,2-3,12-15H2,1H3. The van der Waals surface area contributed by atoms with E-state index in [2.05, 4.69) is 49.4 Å². The molecule has 0 radical (unpaired) electrons. The summed E-state index contributed by atoms with van der Waals surface area (Å²) in [5.41, 5.74) is 5.78. The predicted molar refractivity (Wildman–Crippen MR) is 116 cm³/mol. The molecule has 0 bridgehead atoms. The normalized spacial score (nSPS) is 10.7. The maximum absolute atomic E-state index is 8.85. The summed E-state index contributed by atoms with van der Waals surface area (Å²) in [7, 11) is 0. The Bertz CT molecular complexity index is 814. The van der Waals surface area contributed by atoms with Crippen LogP contribution in [0.3, 0.4) is 0 Å². The van der Waals surface area contributed by atoms with Crippen molar-refractivity contribution in [3.05, 3.63) is 72.3 Å². The van der Waals surface area contributed by atoms with Crippen LogP contribution in [0.1, 0.15) is 18.4 Å². The topological polar surface area (TPSA) is 58.9 Å². The Morgan fingerprint density at radius 2 is 1.00 bits per heavy atom. The van der Waals surface area contributed by atoms with Crippen molar-refractivity contribution in [1.82, 2.24) is 0 Å². The highest BCUT2D eigenvalue weighted by molar-refractivity contribution is 5.74. The summed E-state index contributed by atoms with van der Waals surface area (Å²) in [6.45, 7) is 3.42. The Labute approximate surface area is 172 Å². The second-order valence-corrected chi connectivity index (χ2v) is 6.99. The van der Waals surface area contributed by atoms with Gasteiger partial charge in [0.2, 0.25) is 0 Å². The fourth-order valence-electron chi connectivity index (χ4n) is 3.11. The molecule has 0 aromatic heterocycles. The molecule has 0 spiro atoms. The minimum absolute atomic E-state index is 0.139. The third-order valence-corrected chi connectivity index (χ3v) is 4.60. The fraction of sp³-hybridized carbons (Fsp3) is 0.280. The Hall–Kier alpha value is -2.82. The van der Waals surface area contributed by atoms with E-state index in [1.165, 1.54) is 5.56 Å². The van der Waals surface area contributed by atoms with Crippen molar-refractivity contribution in [2.24, 2.45) is 0 Å². The van der Waals surface area contributed by atoms with Gasteiger partial charge < -0.3 is 19.7 Å². The lowest BCUT2D eigenvalue weighted by molar-refractivity contribution is 0.233. The molecule has 3 aromatic rings. The van der Waals surface area contributed by atoms with Crippen molar-refractivity contribution in [2.75, 3.05) is 26.4 Å². The molecule has 0 atom stereocenters. The summed E-state index contributed by atoms with van der Waals surface area (Å²) in [6.07, 6.45) is 1.27. The van der Waals surface area contributed by atoms with E-state index in [-0.39, 0.29) is 13.2 Å². The fourth-order valence-corrected chi connectivity index (χ4v) is 3.11. The molecule has 0 saturated heterocycles. The van der Waals surface area contributed by atoms with Gasteiger partial charge in [-0.2, -0.15) is 0 Å². The molecule has 152 valence electrons. The van der Waals surface area contributed by atoms with Crippen molar-refractivity contribution in [2.45, 2.75) is 19.8 Å². The largest absolute Gasteiger partial charge is 0.494 e. The van der Waals surface area contributed by atoms with E-state index in [1.54, 1.807) is 0 Å². The van der Waals surface area contributed by atoms with Crippen LogP contribution in [0.15, 0.2) is 66.7 Å². The summed E-state index contributed by atoms with van der Waals surface area (Å²) in [4.78, 5) is 0. The van der Waals surface area contributed by atoms with E-state index in [4.69, 9.17) is 19.7 Å². The molecule has 3 rings (SSSR count). The number of hydrogen-bond acceptors (Lipinski definition) is 4. The van der Waals surface area contributed by atoms with E-state index < -0.39 is 0 Å². The average Bonchev–Trinajstić information content (AvgIpc) is 2.75. The van der Waals surface area contributed by atoms with Gasteiger partial charge in [0.15, 0.2) is 0 Å². The number of hydrogen-bond donors (Lipinski definition) is 2. The van der Waals surface area contributed by atoms with Gasteiger partial charge in [-0.05, 0) is 65.1 Å². The van der Waals surface area contributed by atoms with E-state index in [9.17, 15) is 0 Å². The minimum atomic E-state index is 0.139. The molecule has 0 saturated carbocycles. The summed E-state index contributed by atoms with van der Waals surface area (Å²) in [5, 5.41) is 17.7.